The molecule has 192 valence electrons. The quantitative estimate of drug-likeness (QED) is 0.100. The summed E-state index contributed by atoms with van der Waals surface area (Å²) in [5.41, 5.74) is 0. The topological polar surface area (TPSA) is 240 Å². The predicted molar refractivity (Wildman–Crippen MR) is 96.1 cm³/mol. The Morgan fingerprint density at radius 1 is 0.788 bits per heavy atom. The van der Waals surface area contributed by atoms with Gasteiger partial charge in [0.25, 0.3) is 0 Å². The highest BCUT2D eigenvalue weighted by atomic mass is 16.8. The first-order chi connectivity index (χ1) is 15.6. The van der Waals surface area contributed by atoms with Crippen molar-refractivity contribution in [2.24, 2.45) is 0 Å². The molecule has 7 N–H and O–H groups in total. The van der Waals surface area contributed by atoms with Crippen molar-refractivity contribution in [1.29, 1.82) is 0 Å². The lowest BCUT2D eigenvalue weighted by atomic mass is 10.1. The van der Waals surface area contributed by atoms with Crippen LogP contribution < -0.4 is 0 Å². The van der Waals surface area contributed by atoms with Gasteiger partial charge in [0.15, 0.2) is 25.2 Å². The molecule has 0 saturated carbocycles. The smallest absolute Gasteiger partial charge is 0.217 e. The van der Waals surface area contributed by atoms with Crippen LogP contribution in [0.15, 0.2) is 0 Å². The van der Waals surface area contributed by atoms with Gasteiger partial charge in [0, 0.05) is 0 Å². The molecule has 12 atom stereocenters. The first-order valence-electron chi connectivity index (χ1n) is 9.76. The van der Waals surface area contributed by atoms with E-state index in [0.29, 0.717) is 0 Å². The van der Waals surface area contributed by atoms with Crippen molar-refractivity contribution in [3.8, 4) is 0 Å². The zero-order valence-electron chi connectivity index (χ0n) is 17.3. The molecule has 16 nitrogen and oxygen atoms in total. The Balaban J connectivity index is 2.08. The van der Waals surface area contributed by atoms with E-state index in [0.717, 1.165) is 0 Å². The fourth-order valence-corrected chi connectivity index (χ4v) is 2.88. The van der Waals surface area contributed by atoms with Crippen molar-refractivity contribution < 1.29 is 78.5 Å². The molecule has 0 aromatic rings. The molecule has 0 aromatic heterocycles. The standard InChI is InChI=1S/C17H28O16/c1-6(22)11(7(2-18)28-17-15(26)32-12(23)8(3-19)29-17)30-10(5-21)31-16-9(4-20)27-13(24)14(25)33-16/h2,5-17,19-20,22-26H,3-4H2,1H3/t6?,7?,8?,9?,10?,11?,12-,13-,14?,15?,16-,17-/m0/s1. The monoisotopic (exact) mass is 488 g/mol. The molecule has 0 radical (unpaired) electrons. The molecular weight excluding hydrogens is 460 g/mol. The third-order valence-electron chi connectivity index (χ3n) is 4.53. The SMILES string of the molecule is CC(O)C(OC(C=O)O[C@H]1OC(O)[C@@H](O)OC1CO)C(C=O)O[C@H]1OC(CO)[C@@H](O)OC1O. The van der Waals surface area contributed by atoms with E-state index in [4.69, 9.17) is 33.2 Å². The lowest BCUT2D eigenvalue weighted by Crippen LogP contribution is -2.55. The summed E-state index contributed by atoms with van der Waals surface area (Å²) in [5.74, 6) is 0. The van der Waals surface area contributed by atoms with Gasteiger partial charge in [-0.25, -0.2) is 0 Å². The maximum Gasteiger partial charge on any atom is 0.217 e. The zero-order chi connectivity index (χ0) is 24.7. The molecule has 16 heteroatoms. The Kier molecular flexibility index (Phi) is 11.1. The average molecular weight is 488 g/mol. The Labute approximate surface area is 186 Å². The third kappa shape index (κ3) is 7.38. The number of rotatable bonds is 12. The summed E-state index contributed by atoms with van der Waals surface area (Å²) < 4.78 is 35.4. The van der Waals surface area contributed by atoms with Gasteiger partial charge in [-0.1, -0.05) is 0 Å². The fraction of sp³-hybridized carbons (Fsp3) is 0.882. The molecule has 2 rings (SSSR count). The molecule has 2 aliphatic rings. The largest absolute Gasteiger partial charge is 0.393 e. The van der Waals surface area contributed by atoms with Crippen LogP contribution in [-0.2, 0) is 42.7 Å². The van der Waals surface area contributed by atoms with Gasteiger partial charge in [-0.2, -0.15) is 0 Å². The highest BCUT2D eigenvalue weighted by molar-refractivity contribution is 5.58. The van der Waals surface area contributed by atoms with E-state index in [1.807, 2.05) is 0 Å². The van der Waals surface area contributed by atoms with Crippen molar-refractivity contribution in [2.75, 3.05) is 13.2 Å². The van der Waals surface area contributed by atoms with E-state index in [9.17, 15) is 45.3 Å². The van der Waals surface area contributed by atoms with Crippen molar-refractivity contribution in [1.82, 2.24) is 0 Å². The summed E-state index contributed by atoms with van der Waals surface area (Å²) in [4.78, 5) is 23.1. The van der Waals surface area contributed by atoms with Crippen LogP contribution in [-0.4, -0.2) is 136 Å². The molecule has 0 bridgehead atoms. The van der Waals surface area contributed by atoms with Gasteiger partial charge in [-0.05, 0) is 6.92 Å². The fourth-order valence-electron chi connectivity index (χ4n) is 2.88. The summed E-state index contributed by atoms with van der Waals surface area (Å²) in [6.45, 7) is -0.278. The number of aldehydes is 2. The number of aliphatic hydroxyl groups is 7. The van der Waals surface area contributed by atoms with Gasteiger partial charge in [0.1, 0.15) is 24.4 Å². The minimum Gasteiger partial charge on any atom is -0.393 e. The summed E-state index contributed by atoms with van der Waals surface area (Å²) in [6, 6.07) is 0. The van der Waals surface area contributed by atoms with Gasteiger partial charge in [0.2, 0.25) is 31.5 Å². The van der Waals surface area contributed by atoms with Crippen LogP contribution in [0.25, 0.3) is 0 Å². The van der Waals surface area contributed by atoms with E-state index in [-0.39, 0.29) is 12.6 Å². The van der Waals surface area contributed by atoms with E-state index in [1.54, 1.807) is 0 Å². The molecule has 33 heavy (non-hydrogen) atoms. The number of carbonyl (C=O) groups is 2. The normalized spacial score (nSPS) is 38.8. The minimum absolute atomic E-state index is 0.0969. The first-order valence-corrected chi connectivity index (χ1v) is 9.76. The van der Waals surface area contributed by atoms with Crippen LogP contribution in [0.1, 0.15) is 6.92 Å². The highest BCUT2D eigenvalue weighted by Gasteiger charge is 2.43. The minimum atomic E-state index is -1.89. The van der Waals surface area contributed by atoms with Crippen molar-refractivity contribution in [3.63, 3.8) is 0 Å². The second-order valence-corrected chi connectivity index (χ2v) is 7.00. The van der Waals surface area contributed by atoms with Gasteiger partial charge < -0.3 is 73.7 Å². The molecule has 0 amide bonds. The number of carbonyl (C=O) groups excluding carboxylic acids is 2. The Bertz CT molecular complexity index is 606. The first kappa shape index (κ1) is 28.0. The second kappa shape index (κ2) is 13.0. The van der Waals surface area contributed by atoms with Crippen molar-refractivity contribution in [2.45, 2.75) is 81.5 Å². The second-order valence-electron chi connectivity index (χ2n) is 7.00. The lowest BCUT2D eigenvalue weighted by molar-refractivity contribution is -0.407. The summed E-state index contributed by atoms with van der Waals surface area (Å²) in [5, 5.41) is 66.9. The van der Waals surface area contributed by atoms with Gasteiger partial charge in [-0.15, -0.1) is 0 Å². The number of aliphatic hydroxyl groups excluding tert-OH is 7. The molecule has 8 unspecified atom stereocenters. The van der Waals surface area contributed by atoms with Crippen LogP contribution in [0.4, 0.5) is 0 Å². The van der Waals surface area contributed by atoms with Crippen LogP contribution in [0, 0.1) is 0 Å². The number of hydrogen-bond acceptors (Lipinski definition) is 16. The van der Waals surface area contributed by atoms with Gasteiger partial charge in [0.05, 0.1) is 19.3 Å². The van der Waals surface area contributed by atoms with E-state index < -0.39 is 87.8 Å². The third-order valence-corrected chi connectivity index (χ3v) is 4.53. The lowest BCUT2D eigenvalue weighted by Gasteiger charge is -2.39. The Morgan fingerprint density at radius 3 is 1.97 bits per heavy atom. The molecule has 2 saturated heterocycles. The Morgan fingerprint density at radius 2 is 1.42 bits per heavy atom. The Hall–Kier alpha value is -1.22. The van der Waals surface area contributed by atoms with Crippen molar-refractivity contribution in [3.05, 3.63) is 0 Å². The van der Waals surface area contributed by atoms with E-state index in [1.165, 1.54) is 6.92 Å². The average Bonchev–Trinajstić information content (AvgIpc) is 2.78. The van der Waals surface area contributed by atoms with Crippen molar-refractivity contribution >= 4 is 12.6 Å². The molecule has 2 heterocycles. The van der Waals surface area contributed by atoms with Gasteiger partial charge >= 0.3 is 0 Å². The van der Waals surface area contributed by atoms with Crippen LogP contribution in [0.5, 0.6) is 0 Å². The maximum atomic E-state index is 11.6. The van der Waals surface area contributed by atoms with E-state index in [2.05, 4.69) is 0 Å². The number of hydrogen-bond donors (Lipinski definition) is 7. The molecule has 0 spiro atoms. The van der Waals surface area contributed by atoms with Crippen LogP contribution in [0.2, 0.25) is 0 Å². The zero-order valence-corrected chi connectivity index (χ0v) is 17.3. The summed E-state index contributed by atoms with van der Waals surface area (Å²) in [6.07, 6.45) is -19.6. The maximum absolute atomic E-state index is 11.6. The molecule has 2 fully saturated rings. The van der Waals surface area contributed by atoms with E-state index >= 15 is 0 Å². The molecule has 2 aliphatic heterocycles. The summed E-state index contributed by atoms with van der Waals surface area (Å²) >= 11 is 0. The highest BCUT2D eigenvalue weighted by Crippen LogP contribution is 2.24. The van der Waals surface area contributed by atoms with Crippen LogP contribution in [0.3, 0.4) is 0 Å². The summed E-state index contributed by atoms with van der Waals surface area (Å²) in [7, 11) is 0. The van der Waals surface area contributed by atoms with Gasteiger partial charge in [-0.3, -0.25) is 4.79 Å². The molecule has 0 aromatic carbocycles. The number of ether oxygens (including phenoxy) is 7. The molecular formula is C17H28O16. The predicted octanol–water partition coefficient (Wildman–Crippen LogP) is -5.38. The van der Waals surface area contributed by atoms with Crippen LogP contribution >= 0.6 is 0 Å². The molecule has 0 aliphatic carbocycles.